The summed E-state index contributed by atoms with van der Waals surface area (Å²) < 4.78 is 28.3. The van der Waals surface area contributed by atoms with Crippen LogP contribution in [0.1, 0.15) is 18.2 Å². The summed E-state index contributed by atoms with van der Waals surface area (Å²) in [7, 11) is -3.98. The molecule has 0 radical (unpaired) electrons. The summed E-state index contributed by atoms with van der Waals surface area (Å²) >= 11 is 1.41. The van der Waals surface area contributed by atoms with Crippen molar-refractivity contribution >= 4 is 38.9 Å². The molecule has 1 aromatic heterocycles. The summed E-state index contributed by atoms with van der Waals surface area (Å²) in [4.78, 5) is 28.1. The highest BCUT2D eigenvalue weighted by atomic mass is 32.2. The number of benzene rings is 2. The van der Waals surface area contributed by atoms with Crippen LogP contribution in [0.25, 0.3) is 0 Å². The molecule has 1 heterocycles. The molecular weight excluding hydrogens is 436 g/mol. The predicted molar refractivity (Wildman–Crippen MR) is 119 cm³/mol. The lowest BCUT2D eigenvalue weighted by atomic mass is 10.1. The Hall–Kier alpha value is -3.08. The molecule has 3 rings (SSSR count). The maximum atomic E-state index is 12.9. The number of anilines is 1. The highest BCUT2D eigenvalue weighted by Gasteiger charge is 2.26. The van der Waals surface area contributed by atoms with Crippen molar-refractivity contribution in [1.82, 2.24) is 15.0 Å². The second-order valence-electron chi connectivity index (χ2n) is 6.77. The van der Waals surface area contributed by atoms with Crippen LogP contribution in [0.4, 0.5) is 5.69 Å². The summed E-state index contributed by atoms with van der Waals surface area (Å²) in [5.74, 6) is -0.705. The van der Waals surface area contributed by atoms with Gasteiger partial charge in [0.25, 0.3) is 0 Å². The molecule has 0 spiro atoms. The predicted octanol–water partition coefficient (Wildman–Crippen LogP) is 2.31. The van der Waals surface area contributed by atoms with E-state index in [0.717, 1.165) is 5.56 Å². The van der Waals surface area contributed by atoms with Crippen molar-refractivity contribution < 1.29 is 18.0 Å². The van der Waals surface area contributed by atoms with E-state index in [0.29, 0.717) is 11.4 Å². The lowest BCUT2D eigenvalue weighted by molar-refractivity contribution is -0.122. The van der Waals surface area contributed by atoms with Gasteiger partial charge < -0.3 is 10.6 Å². The van der Waals surface area contributed by atoms with Gasteiger partial charge in [-0.3, -0.25) is 9.59 Å². The Balaban J connectivity index is 1.77. The van der Waals surface area contributed by atoms with Crippen LogP contribution in [0, 0.1) is 0 Å². The van der Waals surface area contributed by atoms with Crippen molar-refractivity contribution in [2.75, 3.05) is 5.32 Å². The zero-order valence-corrected chi connectivity index (χ0v) is 18.4. The smallest absolute Gasteiger partial charge is 0.241 e. The van der Waals surface area contributed by atoms with Crippen LogP contribution in [0.3, 0.4) is 0 Å². The lowest BCUT2D eigenvalue weighted by Gasteiger charge is -2.19. The topological polar surface area (TPSA) is 117 Å². The zero-order chi connectivity index (χ0) is 22.3. The maximum Gasteiger partial charge on any atom is 0.241 e. The molecule has 1 atom stereocenters. The average Bonchev–Trinajstić information content (AvgIpc) is 3.26. The van der Waals surface area contributed by atoms with Gasteiger partial charge in [-0.15, -0.1) is 11.3 Å². The minimum Gasteiger partial charge on any atom is -0.349 e. The molecule has 162 valence electrons. The maximum absolute atomic E-state index is 12.9. The number of hydrogen-bond acceptors (Lipinski definition) is 6. The van der Waals surface area contributed by atoms with Crippen LogP contribution in [0.5, 0.6) is 0 Å². The Labute approximate surface area is 184 Å². The van der Waals surface area contributed by atoms with Gasteiger partial charge in [-0.05, 0) is 36.2 Å². The molecule has 1 unspecified atom stereocenters. The third-order valence-electron chi connectivity index (χ3n) is 4.31. The monoisotopic (exact) mass is 458 g/mol. The van der Waals surface area contributed by atoms with Gasteiger partial charge in [0.15, 0.2) is 0 Å². The van der Waals surface area contributed by atoms with Crippen LogP contribution in [-0.4, -0.2) is 31.3 Å². The van der Waals surface area contributed by atoms with Crippen molar-refractivity contribution in [3.05, 3.63) is 76.7 Å². The Bertz CT molecular complexity index is 1120. The number of thiazole rings is 1. The second-order valence-corrected chi connectivity index (χ2v) is 9.20. The van der Waals surface area contributed by atoms with Crippen molar-refractivity contribution in [1.29, 1.82) is 0 Å². The van der Waals surface area contributed by atoms with Gasteiger partial charge in [-0.25, -0.2) is 13.4 Å². The van der Waals surface area contributed by atoms with Gasteiger partial charge in [0.2, 0.25) is 21.8 Å². The number of carbonyl (C=O) groups is 2. The number of nitrogens with zero attached hydrogens (tertiary/aromatic N) is 1. The number of carbonyl (C=O) groups excluding carboxylic acids is 2. The summed E-state index contributed by atoms with van der Waals surface area (Å²) in [5, 5.41) is 7.14. The van der Waals surface area contributed by atoms with E-state index < -0.39 is 22.0 Å². The Morgan fingerprint density at radius 3 is 2.39 bits per heavy atom. The minimum atomic E-state index is -3.98. The molecule has 0 fully saturated rings. The molecule has 0 aliphatic rings. The van der Waals surface area contributed by atoms with E-state index >= 15 is 0 Å². The summed E-state index contributed by atoms with van der Waals surface area (Å²) in [5.41, 5.74) is 3.66. The van der Waals surface area contributed by atoms with Crippen molar-refractivity contribution in [2.24, 2.45) is 0 Å². The number of sulfonamides is 1. The van der Waals surface area contributed by atoms with Gasteiger partial charge >= 0.3 is 0 Å². The number of amides is 2. The van der Waals surface area contributed by atoms with Gasteiger partial charge in [0, 0.05) is 18.0 Å². The third-order valence-corrected chi connectivity index (χ3v) is 6.43. The fourth-order valence-electron chi connectivity index (χ4n) is 2.84. The van der Waals surface area contributed by atoms with Gasteiger partial charge in [0.05, 0.1) is 22.6 Å². The number of rotatable bonds is 9. The summed E-state index contributed by atoms with van der Waals surface area (Å²) in [6.45, 7) is 1.57. The fourth-order valence-corrected chi connectivity index (χ4v) is 4.59. The van der Waals surface area contributed by atoms with E-state index in [1.54, 1.807) is 5.51 Å². The first-order valence-electron chi connectivity index (χ1n) is 9.42. The van der Waals surface area contributed by atoms with E-state index in [2.05, 4.69) is 20.3 Å². The van der Waals surface area contributed by atoms with Crippen LogP contribution in [0.2, 0.25) is 0 Å². The van der Waals surface area contributed by atoms with Crippen LogP contribution < -0.4 is 15.4 Å². The van der Waals surface area contributed by atoms with Crippen LogP contribution in [-0.2, 0) is 32.6 Å². The summed E-state index contributed by atoms with van der Waals surface area (Å²) in [6.07, 6.45) is 0.187. The van der Waals surface area contributed by atoms with E-state index in [1.165, 1.54) is 42.5 Å². The standard InChI is InChI=1S/C21H22N4O4S2/c1-15(26)24-17-7-9-19(10-8-17)31(28,29)25-20(11-16-5-3-2-4-6-16)21(27)22-12-18-13-30-14-23-18/h2-10,13-14,20,25H,11-12H2,1H3,(H,22,27)(H,24,26). The van der Waals surface area contributed by atoms with E-state index in [1.807, 2.05) is 35.7 Å². The second kappa shape index (κ2) is 10.3. The molecule has 3 aromatic rings. The molecule has 0 bridgehead atoms. The molecular formula is C21H22N4O4S2. The summed E-state index contributed by atoms with van der Waals surface area (Å²) in [6, 6.07) is 13.9. The van der Waals surface area contributed by atoms with Crippen molar-refractivity contribution in [2.45, 2.75) is 30.8 Å². The molecule has 0 aliphatic carbocycles. The Kier molecular flexibility index (Phi) is 7.50. The molecule has 3 N–H and O–H groups in total. The highest BCUT2D eigenvalue weighted by Crippen LogP contribution is 2.15. The molecule has 2 aromatic carbocycles. The molecule has 8 nitrogen and oxygen atoms in total. The largest absolute Gasteiger partial charge is 0.349 e. The highest BCUT2D eigenvalue weighted by molar-refractivity contribution is 7.89. The molecule has 0 saturated carbocycles. The van der Waals surface area contributed by atoms with Gasteiger partial charge in [-0.1, -0.05) is 30.3 Å². The van der Waals surface area contributed by atoms with Crippen LogP contribution in [0.15, 0.2) is 70.4 Å². The van der Waals surface area contributed by atoms with E-state index in [-0.39, 0.29) is 23.8 Å². The molecule has 0 saturated heterocycles. The van der Waals surface area contributed by atoms with Crippen molar-refractivity contribution in [3.63, 3.8) is 0 Å². The third kappa shape index (κ3) is 6.71. The van der Waals surface area contributed by atoms with Gasteiger partial charge in [0.1, 0.15) is 6.04 Å². The Morgan fingerprint density at radius 2 is 1.77 bits per heavy atom. The van der Waals surface area contributed by atoms with Gasteiger partial charge in [-0.2, -0.15) is 4.72 Å². The van der Waals surface area contributed by atoms with E-state index in [9.17, 15) is 18.0 Å². The number of hydrogen-bond donors (Lipinski definition) is 3. The number of nitrogens with one attached hydrogen (secondary N) is 3. The average molecular weight is 459 g/mol. The first-order valence-corrected chi connectivity index (χ1v) is 11.8. The zero-order valence-electron chi connectivity index (χ0n) is 16.7. The molecule has 0 aliphatic heterocycles. The number of aromatic nitrogens is 1. The quantitative estimate of drug-likeness (QED) is 0.455. The van der Waals surface area contributed by atoms with E-state index in [4.69, 9.17) is 0 Å². The molecule has 2 amide bonds. The molecule has 10 heteroatoms. The lowest BCUT2D eigenvalue weighted by Crippen LogP contribution is -2.47. The van der Waals surface area contributed by atoms with Crippen LogP contribution >= 0.6 is 11.3 Å². The normalized spacial score (nSPS) is 12.2. The minimum absolute atomic E-state index is 0.00744. The fraction of sp³-hybridized carbons (Fsp3) is 0.190. The van der Waals surface area contributed by atoms with Crippen molar-refractivity contribution in [3.8, 4) is 0 Å². The Morgan fingerprint density at radius 1 is 1.06 bits per heavy atom. The molecule has 31 heavy (non-hydrogen) atoms. The first-order chi connectivity index (χ1) is 14.8. The SMILES string of the molecule is CC(=O)Nc1ccc(S(=O)(=O)NC(Cc2ccccc2)C(=O)NCc2cscn2)cc1. The first kappa shape index (κ1) is 22.6.